The predicted octanol–water partition coefficient (Wildman–Crippen LogP) is -0.562. The van der Waals surface area contributed by atoms with Crippen molar-refractivity contribution < 1.29 is 5.11 Å². The standard InChI is InChI=1S/C11H21N5O/c1-8(2)11(12)9(6-17)15-3-4-16-7-13-14-10(16)5-15/h7-9,11,17H,3-6,12H2,1-2H3. The van der Waals surface area contributed by atoms with Crippen LogP contribution in [0.1, 0.15) is 19.7 Å². The summed E-state index contributed by atoms with van der Waals surface area (Å²) in [4.78, 5) is 2.20. The molecule has 2 rings (SSSR count). The molecule has 0 saturated carbocycles. The van der Waals surface area contributed by atoms with Gasteiger partial charge < -0.3 is 15.4 Å². The van der Waals surface area contributed by atoms with E-state index in [-0.39, 0.29) is 18.7 Å². The summed E-state index contributed by atoms with van der Waals surface area (Å²) in [7, 11) is 0. The van der Waals surface area contributed by atoms with Crippen LogP contribution in [0.4, 0.5) is 0 Å². The summed E-state index contributed by atoms with van der Waals surface area (Å²) in [6.45, 7) is 6.72. The Morgan fingerprint density at radius 3 is 2.88 bits per heavy atom. The van der Waals surface area contributed by atoms with E-state index >= 15 is 0 Å². The maximum atomic E-state index is 9.53. The van der Waals surface area contributed by atoms with Gasteiger partial charge in [-0.15, -0.1) is 10.2 Å². The van der Waals surface area contributed by atoms with Crippen molar-refractivity contribution in [3.63, 3.8) is 0 Å². The molecule has 0 aromatic carbocycles. The number of nitrogens with two attached hydrogens (primary N) is 1. The largest absolute Gasteiger partial charge is 0.395 e. The third kappa shape index (κ3) is 2.48. The van der Waals surface area contributed by atoms with Crippen LogP contribution in [0.5, 0.6) is 0 Å². The van der Waals surface area contributed by atoms with Crippen LogP contribution in [0.2, 0.25) is 0 Å². The lowest BCUT2D eigenvalue weighted by Crippen LogP contribution is -2.54. The SMILES string of the molecule is CC(C)C(N)C(CO)N1CCn2cnnc2C1. The van der Waals surface area contributed by atoms with Gasteiger partial charge in [0.15, 0.2) is 0 Å². The van der Waals surface area contributed by atoms with E-state index < -0.39 is 0 Å². The Hall–Kier alpha value is -0.980. The number of hydrogen-bond acceptors (Lipinski definition) is 5. The van der Waals surface area contributed by atoms with Gasteiger partial charge in [0.1, 0.15) is 12.2 Å². The first kappa shape index (κ1) is 12.5. The second kappa shape index (κ2) is 5.12. The smallest absolute Gasteiger partial charge is 0.147 e. The van der Waals surface area contributed by atoms with Crippen LogP contribution in [-0.2, 0) is 13.1 Å². The minimum atomic E-state index is -0.0190. The molecule has 0 aliphatic carbocycles. The molecule has 0 fully saturated rings. The maximum absolute atomic E-state index is 9.53. The molecular formula is C11H21N5O. The summed E-state index contributed by atoms with van der Waals surface area (Å²) in [5.41, 5.74) is 6.15. The van der Waals surface area contributed by atoms with Crippen molar-refractivity contribution in [1.29, 1.82) is 0 Å². The second-order valence-electron chi connectivity index (χ2n) is 4.98. The molecule has 3 N–H and O–H groups in total. The summed E-state index contributed by atoms with van der Waals surface area (Å²) in [6, 6.07) is -0.0186. The van der Waals surface area contributed by atoms with Crippen LogP contribution in [0.15, 0.2) is 6.33 Å². The zero-order valence-corrected chi connectivity index (χ0v) is 10.5. The number of aliphatic hydroxyl groups excluding tert-OH is 1. The van der Waals surface area contributed by atoms with Gasteiger partial charge in [-0.05, 0) is 5.92 Å². The van der Waals surface area contributed by atoms with E-state index in [9.17, 15) is 5.11 Å². The van der Waals surface area contributed by atoms with Gasteiger partial charge in [0.2, 0.25) is 0 Å². The molecular weight excluding hydrogens is 218 g/mol. The van der Waals surface area contributed by atoms with Gasteiger partial charge in [0.25, 0.3) is 0 Å². The van der Waals surface area contributed by atoms with Crippen LogP contribution in [0, 0.1) is 5.92 Å². The highest BCUT2D eigenvalue weighted by atomic mass is 16.3. The summed E-state index contributed by atoms with van der Waals surface area (Å²) in [5.74, 6) is 1.30. The lowest BCUT2D eigenvalue weighted by Gasteiger charge is -2.37. The highest BCUT2D eigenvalue weighted by Gasteiger charge is 2.29. The number of aromatic nitrogens is 3. The van der Waals surface area contributed by atoms with E-state index in [0.29, 0.717) is 12.5 Å². The highest BCUT2D eigenvalue weighted by Crippen LogP contribution is 2.16. The normalized spacial score (nSPS) is 20.3. The first-order valence-electron chi connectivity index (χ1n) is 6.10. The molecule has 0 saturated heterocycles. The van der Waals surface area contributed by atoms with Crippen LogP contribution >= 0.6 is 0 Å². The molecule has 0 bridgehead atoms. The minimum Gasteiger partial charge on any atom is -0.395 e. The average Bonchev–Trinajstić information content (AvgIpc) is 2.77. The summed E-state index contributed by atoms with van der Waals surface area (Å²) < 4.78 is 2.05. The fourth-order valence-corrected chi connectivity index (χ4v) is 2.29. The Balaban J connectivity index is 2.08. The topological polar surface area (TPSA) is 80.2 Å². The molecule has 6 heteroatoms. The lowest BCUT2D eigenvalue weighted by atomic mass is 9.96. The third-order valence-electron chi connectivity index (χ3n) is 3.54. The molecule has 2 unspecified atom stereocenters. The van der Waals surface area contributed by atoms with Crippen molar-refractivity contribution in [3.05, 3.63) is 12.2 Å². The Kier molecular flexibility index (Phi) is 3.76. The molecule has 2 atom stereocenters. The predicted molar refractivity (Wildman–Crippen MR) is 64.1 cm³/mol. The van der Waals surface area contributed by atoms with Crippen LogP contribution in [0.25, 0.3) is 0 Å². The zero-order valence-electron chi connectivity index (χ0n) is 10.5. The van der Waals surface area contributed by atoms with Gasteiger partial charge >= 0.3 is 0 Å². The van der Waals surface area contributed by atoms with Crippen molar-refractivity contribution in [2.45, 2.75) is 39.0 Å². The first-order valence-corrected chi connectivity index (χ1v) is 6.10. The molecule has 2 heterocycles. The fraction of sp³-hybridized carbons (Fsp3) is 0.818. The summed E-state index contributed by atoms with van der Waals surface area (Å²) >= 11 is 0. The molecule has 6 nitrogen and oxygen atoms in total. The van der Waals surface area contributed by atoms with E-state index in [0.717, 1.165) is 18.9 Å². The van der Waals surface area contributed by atoms with E-state index in [2.05, 4.69) is 28.9 Å². The zero-order chi connectivity index (χ0) is 12.4. The van der Waals surface area contributed by atoms with Gasteiger partial charge in [-0.1, -0.05) is 13.8 Å². The first-order chi connectivity index (χ1) is 8.13. The van der Waals surface area contributed by atoms with E-state index in [1.165, 1.54) is 0 Å². The monoisotopic (exact) mass is 239 g/mol. The van der Waals surface area contributed by atoms with Crippen LogP contribution in [-0.4, -0.2) is 50.0 Å². The Labute approximate surface area is 101 Å². The minimum absolute atomic E-state index is 0.000417. The number of aliphatic hydroxyl groups is 1. The third-order valence-corrected chi connectivity index (χ3v) is 3.54. The number of rotatable bonds is 4. The molecule has 0 radical (unpaired) electrons. The van der Waals surface area contributed by atoms with Crippen molar-refractivity contribution in [2.24, 2.45) is 11.7 Å². The van der Waals surface area contributed by atoms with Crippen LogP contribution < -0.4 is 5.73 Å². The van der Waals surface area contributed by atoms with E-state index in [1.807, 2.05) is 4.57 Å². The Bertz CT molecular complexity index is 364. The Morgan fingerprint density at radius 2 is 2.24 bits per heavy atom. The lowest BCUT2D eigenvalue weighted by molar-refractivity contribution is 0.0690. The van der Waals surface area contributed by atoms with Crippen molar-refractivity contribution in [3.8, 4) is 0 Å². The van der Waals surface area contributed by atoms with Crippen molar-refractivity contribution in [2.75, 3.05) is 13.2 Å². The number of fused-ring (bicyclic) bond motifs is 1. The molecule has 17 heavy (non-hydrogen) atoms. The molecule has 1 aliphatic heterocycles. The molecule has 0 spiro atoms. The molecule has 1 aromatic rings. The number of hydrogen-bond donors (Lipinski definition) is 2. The second-order valence-corrected chi connectivity index (χ2v) is 4.98. The van der Waals surface area contributed by atoms with E-state index in [4.69, 9.17) is 5.73 Å². The van der Waals surface area contributed by atoms with Gasteiger partial charge in [0, 0.05) is 25.2 Å². The number of nitrogens with zero attached hydrogens (tertiary/aromatic N) is 4. The van der Waals surface area contributed by atoms with Gasteiger partial charge in [-0.3, -0.25) is 4.90 Å². The Morgan fingerprint density at radius 1 is 1.47 bits per heavy atom. The highest BCUT2D eigenvalue weighted by molar-refractivity contribution is 4.94. The molecule has 0 amide bonds. The van der Waals surface area contributed by atoms with Crippen molar-refractivity contribution in [1.82, 2.24) is 19.7 Å². The van der Waals surface area contributed by atoms with E-state index in [1.54, 1.807) is 6.33 Å². The fourth-order valence-electron chi connectivity index (χ4n) is 2.29. The maximum Gasteiger partial charge on any atom is 0.147 e. The average molecular weight is 239 g/mol. The molecule has 1 aromatic heterocycles. The quantitative estimate of drug-likeness (QED) is 0.736. The van der Waals surface area contributed by atoms with Crippen LogP contribution in [0.3, 0.4) is 0 Å². The van der Waals surface area contributed by atoms with Gasteiger partial charge in [-0.2, -0.15) is 0 Å². The molecule has 1 aliphatic rings. The molecule has 96 valence electrons. The van der Waals surface area contributed by atoms with Gasteiger partial charge in [-0.25, -0.2) is 0 Å². The summed E-state index contributed by atoms with van der Waals surface area (Å²) in [6.07, 6.45) is 1.75. The van der Waals surface area contributed by atoms with Gasteiger partial charge in [0.05, 0.1) is 13.2 Å². The summed E-state index contributed by atoms with van der Waals surface area (Å²) in [5, 5.41) is 17.5. The van der Waals surface area contributed by atoms with Crippen molar-refractivity contribution >= 4 is 0 Å².